The van der Waals surface area contributed by atoms with Gasteiger partial charge in [-0.25, -0.2) is 4.68 Å². The number of carbonyl (C=O) groups excluding carboxylic acids is 2. The Labute approximate surface area is 155 Å². The summed E-state index contributed by atoms with van der Waals surface area (Å²) in [7, 11) is 0. The first-order valence-electron chi connectivity index (χ1n) is 5.29. The summed E-state index contributed by atoms with van der Waals surface area (Å²) in [5.74, 6) is -0.218. The van der Waals surface area contributed by atoms with E-state index in [1.165, 1.54) is 10.9 Å². The van der Waals surface area contributed by atoms with E-state index in [0.29, 0.717) is 6.29 Å². The van der Waals surface area contributed by atoms with Crippen LogP contribution in [0.25, 0.3) is 0 Å². The number of hydrogen-bond acceptors (Lipinski definition) is 4. The molecule has 2 rings (SSSR count). The van der Waals surface area contributed by atoms with Crippen molar-refractivity contribution in [3.05, 3.63) is 34.7 Å². The summed E-state index contributed by atoms with van der Waals surface area (Å²) in [5, 5.41) is 10.1. The number of aromatic nitrogens is 3. The van der Waals surface area contributed by atoms with Gasteiger partial charge in [0, 0.05) is 10.7 Å². The van der Waals surface area contributed by atoms with Crippen molar-refractivity contribution in [2.75, 3.05) is 5.32 Å². The largest absolute Gasteiger partial charge is 0.323 e. The first kappa shape index (κ1) is 16.1. The molecule has 0 saturated carbocycles. The fourth-order valence-electron chi connectivity index (χ4n) is 1.43. The number of nitrogens with zero attached hydrogens (tertiary/aromatic N) is 3. The number of anilines is 1. The number of halogens is 3. The van der Waals surface area contributed by atoms with Gasteiger partial charge in [0.15, 0.2) is 6.29 Å². The normalized spacial score (nSPS) is 10.3. The lowest BCUT2D eigenvalue weighted by Crippen LogP contribution is -2.20. The van der Waals surface area contributed by atoms with E-state index in [1.54, 1.807) is 0 Å². The number of rotatable bonds is 4. The molecule has 2 aromatic rings. The summed E-state index contributed by atoms with van der Waals surface area (Å²) in [5.41, 5.74) is 0.989. The van der Waals surface area contributed by atoms with Crippen LogP contribution in [0.3, 0.4) is 0 Å². The Morgan fingerprint density at radius 3 is 2.50 bits per heavy atom. The summed E-state index contributed by atoms with van der Waals surface area (Å²) >= 11 is 6.59. The van der Waals surface area contributed by atoms with Crippen LogP contribution in [0.15, 0.2) is 18.3 Å². The molecule has 0 aliphatic carbocycles. The molecule has 104 valence electrons. The van der Waals surface area contributed by atoms with Crippen LogP contribution in [0.5, 0.6) is 0 Å². The molecule has 0 saturated heterocycles. The van der Waals surface area contributed by atoms with Crippen LogP contribution in [0.1, 0.15) is 10.5 Å². The van der Waals surface area contributed by atoms with Gasteiger partial charge in [-0.05, 0) is 79.9 Å². The molecule has 0 atom stereocenters. The standard InChI is InChI=1S/C11H7I3N4O2/c12-6-1-8(13)11(9(14)2-6)15-10(20)4-18-3-7(5-19)16-17-18/h1-3,5H,4H2,(H,15,20). The lowest BCUT2D eigenvalue weighted by Gasteiger charge is -2.10. The van der Waals surface area contributed by atoms with Gasteiger partial charge >= 0.3 is 0 Å². The van der Waals surface area contributed by atoms with Gasteiger partial charge in [0.2, 0.25) is 5.91 Å². The quantitative estimate of drug-likeness (QED) is 0.428. The van der Waals surface area contributed by atoms with Crippen molar-refractivity contribution in [3.63, 3.8) is 0 Å². The Kier molecular flexibility index (Phi) is 5.71. The molecule has 1 aromatic carbocycles. The molecule has 0 radical (unpaired) electrons. The van der Waals surface area contributed by atoms with Gasteiger partial charge in [-0.15, -0.1) is 5.10 Å². The van der Waals surface area contributed by atoms with Gasteiger partial charge < -0.3 is 5.32 Å². The highest BCUT2D eigenvalue weighted by Crippen LogP contribution is 2.27. The molecule has 6 nitrogen and oxygen atoms in total. The van der Waals surface area contributed by atoms with Gasteiger partial charge in [0.1, 0.15) is 12.2 Å². The van der Waals surface area contributed by atoms with Crippen molar-refractivity contribution < 1.29 is 9.59 Å². The number of hydrogen-bond donors (Lipinski definition) is 1. The molecular formula is C11H7I3N4O2. The lowest BCUT2D eigenvalue weighted by molar-refractivity contribution is -0.116. The second kappa shape index (κ2) is 7.11. The van der Waals surface area contributed by atoms with Crippen LogP contribution < -0.4 is 5.32 Å². The van der Waals surface area contributed by atoms with Crippen molar-refractivity contribution in [2.45, 2.75) is 6.54 Å². The lowest BCUT2D eigenvalue weighted by atomic mass is 10.3. The summed E-state index contributed by atoms with van der Waals surface area (Å²) < 4.78 is 4.38. The van der Waals surface area contributed by atoms with Crippen molar-refractivity contribution in [1.82, 2.24) is 15.0 Å². The fourth-order valence-corrected chi connectivity index (χ4v) is 5.28. The summed E-state index contributed by atoms with van der Waals surface area (Å²) in [6.45, 7) is 0.0129. The third kappa shape index (κ3) is 4.09. The summed E-state index contributed by atoms with van der Waals surface area (Å²) in [4.78, 5) is 22.5. The molecule has 1 aromatic heterocycles. The number of nitrogens with one attached hydrogen (secondary N) is 1. The van der Waals surface area contributed by atoms with E-state index in [2.05, 4.69) is 83.4 Å². The van der Waals surface area contributed by atoms with E-state index in [9.17, 15) is 9.59 Å². The Balaban J connectivity index is 2.10. The van der Waals surface area contributed by atoms with E-state index in [4.69, 9.17) is 0 Å². The maximum absolute atomic E-state index is 12.0. The van der Waals surface area contributed by atoms with Crippen LogP contribution in [0.4, 0.5) is 5.69 Å². The van der Waals surface area contributed by atoms with Crippen LogP contribution >= 0.6 is 67.8 Å². The zero-order valence-corrected chi connectivity index (χ0v) is 16.3. The van der Waals surface area contributed by atoms with Crippen LogP contribution in [0, 0.1) is 10.7 Å². The number of aldehydes is 1. The third-order valence-electron chi connectivity index (χ3n) is 2.25. The molecule has 0 spiro atoms. The van der Waals surface area contributed by atoms with Crippen LogP contribution in [-0.4, -0.2) is 27.2 Å². The van der Waals surface area contributed by atoms with Crippen molar-refractivity contribution in [3.8, 4) is 0 Å². The smallest absolute Gasteiger partial charge is 0.246 e. The molecular weight excluding hydrogens is 601 g/mol. The summed E-state index contributed by atoms with van der Waals surface area (Å²) in [6.07, 6.45) is 2.02. The van der Waals surface area contributed by atoms with E-state index in [1.807, 2.05) is 12.1 Å². The average Bonchev–Trinajstić information content (AvgIpc) is 2.81. The Bertz CT molecular complexity index is 648. The zero-order valence-electron chi connectivity index (χ0n) is 9.81. The zero-order chi connectivity index (χ0) is 14.7. The molecule has 1 N–H and O–H groups in total. The monoisotopic (exact) mass is 608 g/mol. The third-order valence-corrected chi connectivity index (χ3v) is 4.58. The van der Waals surface area contributed by atoms with Crippen molar-refractivity contribution in [2.24, 2.45) is 0 Å². The predicted molar refractivity (Wildman–Crippen MR) is 98.6 cm³/mol. The highest BCUT2D eigenvalue weighted by atomic mass is 127. The Morgan fingerprint density at radius 1 is 1.30 bits per heavy atom. The Morgan fingerprint density at radius 2 is 1.95 bits per heavy atom. The predicted octanol–water partition coefficient (Wildman–Crippen LogP) is 2.54. The highest BCUT2D eigenvalue weighted by molar-refractivity contribution is 14.1. The molecule has 1 heterocycles. The number of benzene rings is 1. The van der Waals surface area contributed by atoms with E-state index in [-0.39, 0.29) is 18.1 Å². The minimum atomic E-state index is -0.218. The van der Waals surface area contributed by atoms with Crippen LogP contribution in [0.2, 0.25) is 0 Å². The maximum atomic E-state index is 12.0. The highest BCUT2D eigenvalue weighted by Gasteiger charge is 2.11. The van der Waals surface area contributed by atoms with E-state index >= 15 is 0 Å². The molecule has 0 unspecified atom stereocenters. The maximum Gasteiger partial charge on any atom is 0.246 e. The molecule has 20 heavy (non-hydrogen) atoms. The molecule has 0 aliphatic rings. The number of amides is 1. The minimum absolute atomic E-state index is 0.0129. The molecule has 0 fully saturated rings. The van der Waals surface area contributed by atoms with Gasteiger partial charge in [-0.1, -0.05) is 5.21 Å². The second-order valence-electron chi connectivity index (χ2n) is 3.75. The number of carbonyl (C=O) groups is 2. The summed E-state index contributed by atoms with van der Waals surface area (Å²) in [6, 6.07) is 3.97. The van der Waals surface area contributed by atoms with Gasteiger partial charge in [0.05, 0.1) is 11.9 Å². The molecule has 0 bridgehead atoms. The average molecular weight is 608 g/mol. The first-order valence-corrected chi connectivity index (χ1v) is 8.53. The Hall–Kier alpha value is -0.310. The van der Waals surface area contributed by atoms with Gasteiger partial charge in [-0.2, -0.15) is 0 Å². The molecule has 0 aliphatic heterocycles. The van der Waals surface area contributed by atoms with Crippen LogP contribution in [-0.2, 0) is 11.3 Å². The van der Waals surface area contributed by atoms with Crippen molar-refractivity contribution >= 4 is 85.7 Å². The van der Waals surface area contributed by atoms with Gasteiger partial charge in [-0.3, -0.25) is 9.59 Å². The van der Waals surface area contributed by atoms with E-state index < -0.39 is 0 Å². The minimum Gasteiger partial charge on any atom is -0.323 e. The topological polar surface area (TPSA) is 76.9 Å². The van der Waals surface area contributed by atoms with E-state index in [0.717, 1.165) is 16.4 Å². The first-order chi connectivity index (χ1) is 9.49. The fraction of sp³-hybridized carbons (Fsp3) is 0.0909. The van der Waals surface area contributed by atoms with Crippen molar-refractivity contribution in [1.29, 1.82) is 0 Å². The molecule has 1 amide bonds. The molecule has 9 heteroatoms. The van der Waals surface area contributed by atoms with Gasteiger partial charge in [0.25, 0.3) is 0 Å². The SMILES string of the molecule is O=Cc1cn(CC(=O)Nc2c(I)cc(I)cc2I)nn1. The second-order valence-corrected chi connectivity index (χ2v) is 7.32.